The predicted molar refractivity (Wildman–Crippen MR) is 154 cm³/mol. The number of halogens is 3. The molecule has 0 bridgehead atoms. The van der Waals surface area contributed by atoms with Gasteiger partial charge in [0, 0.05) is 35.4 Å². The Kier molecular flexibility index (Phi) is 7.88. The predicted octanol–water partition coefficient (Wildman–Crippen LogP) is 8.15. The number of aromatic nitrogens is 1. The third-order valence-corrected chi connectivity index (χ3v) is 7.59. The Labute approximate surface area is 233 Å². The number of alkyl halides is 3. The molecule has 40 heavy (non-hydrogen) atoms. The number of aryl methyl sites for hydroxylation is 1. The molecule has 1 aliphatic heterocycles. The van der Waals surface area contributed by atoms with Crippen LogP contribution in [0.2, 0.25) is 0 Å². The van der Waals surface area contributed by atoms with Crippen molar-refractivity contribution >= 4 is 56.5 Å². The van der Waals surface area contributed by atoms with Gasteiger partial charge in [-0.2, -0.15) is 13.2 Å². The number of ketones is 1. The van der Waals surface area contributed by atoms with Crippen LogP contribution in [0, 0.1) is 6.92 Å². The molecule has 0 radical (unpaired) electrons. The molecular formula is C30H27F3N4O2S. The standard InChI is InChI=1S/C30H27F3N4O2S/c1-19-15-28(40-18-19)36-29(39)35-22-8-5-20(6-9-22)27(38)12-10-23-17-26(37-13-3-2-4-14-37)24-16-21(30(31,32)33)7-11-25(24)34-23/h5-12,15-18H,2-4,13-14H2,1H3,(H2,35,36,39)/b12-10+. The van der Waals surface area contributed by atoms with Crippen molar-refractivity contribution in [2.24, 2.45) is 0 Å². The van der Waals surface area contributed by atoms with Gasteiger partial charge < -0.3 is 10.2 Å². The molecular weight excluding hydrogens is 537 g/mol. The summed E-state index contributed by atoms with van der Waals surface area (Å²) < 4.78 is 40.2. The van der Waals surface area contributed by atoms with Gasteiger partial charge in [-0.05, 0) is 104 Å². The highest BCUT2D eigenvalue weighted by Gasteiger charge is 2.31. The van der Waals surface area contributed by atoms with Crippen LogP contribution in [-0.2, 0) is 6.18 Å². The van der Waals surface area contributed by atoms with E-state index in [-0.39, 0.29) is 11.8 Å². The Balaban J connectivity index is 1.33. The summed E-state index contributed by atoms with van der Waals surface area (Å²) in [6.45, 7) is 3.45. The first-order valence-corrected chi connectivity index (χ1v) is 13.8. The number of pyridine rings is 1. The van der Waals surface area contributed by atoms with Gasteiger partial charge in [-0.1, -0.05) is 0 Å². The second-order valence-corrected chi connectivity index (χ2v) is 10.6. The zero-order valence-electron chi connectivity index (χ0n) is 21.7. The van der Waals surface area contributed by atoms with Crippen molar-refractivity contribution in [3.05, 3.63) is 88.4 Å². The number of anilines is 3. The second kappa shape index (κ2) is 11.5. The number of fused-ring (bicyclic) bond motifs is 1. The normalized spacial score (nSPS) is 14.1. The number of piperidine rings is 1. The largest absolute Gasteiger partial charge is 0.416 e. The molecule has 0 spiro atoms. The van der Waals surface area contributed by atoms with Crippen molar-refractivity contribution in [2.75, 3.05) is 28.6 Å². The van der Waals surface area contributed by atoms with E-state index in [4.69, 9.17) is 0 Å². The first kappa shape index (κ1) is 27.4. The van der Waals surface area contributed by atoms with E-state index >= 15 is 0 Å². The van der Waals surface area contributed by atoms with Crippen LogP contribution in [-0.4, -0.2) is 29.9 Å². The van der Waals surface area contributed by atoms with E-state index in [1.807, 2.05) is 18.4 Å². The summed E-state index contributed by atoms with van der Waals surface area (Å²) in [5.41, 5.74) is 2.92. The summed E-state index contributed by atoms with van der Waals surface area (Å²) in [7, 11) is 0. The zero-order chi connectivity index (χ0) is 28.3. The van der Waals surface area contributed by atoms with Gasteiger partial charge in [0.2, 0.25) is 0 Å². The average Bonchev–Trinajstić information content (AvgIpc) is 3.35. The van der Waals surface area contributed by atoms with Crippen LogP contribution in [0.4, 0.5) is 34.3 Å². The Morgan fingerprint density at radius 1 is 0.975 bits per heavy atom. The minimum atomic E-state index is -4.45. The average molecular weight is 565 g/mol. The van der Waals surface area contributed by atoms with Crippen LogP contribution in [0.1, 0.15) is 46.4 Å². The van der Waals surface area contributed by atoms with Crippen molar-refractivity contribution in [3.8, 4) is 0 Å². The molecule has 1 saturated heterocycles. The van der Waals surface area contributed by atoms with Crippen LogP contribution in [0.25, 0.3) is 17.0 Å². The molecule has 2 aromatic carbocycles. The lowest BCUT2D eigenvalue weighted by molar-refractivity contribution is -0.137. The van der Waals surface area contributed by atoms with E-state index in [0.717, 1.165) is 55.0 Å². The molecule has 4 aromatic rings. The number of urea groups is 1. The van der Waals surface area contributed by atoms with Gasteiger partial charge in [0.15, 0.2) is 5.78 Å². The molecule has 1 aliphatic rings. The molecule has 10 heteroatoms. The highest BCUT2D eigenvalue weighted by Crippen LogP contribution is 2.35. The fourth-order valence-electron chi connectivity index (χ4n) is 4.63. The summed E-state index contributed by atoms with van der Waals surface area (Å²) in [6, 6.07) is 13.3. The van der Waals surface area contributed by atoms with Crippen molar-refractivity contribution in [3.63, 3.8) is 0 Å². The topological polar surface area (TPSA) is 74.3 Å². The number of nitrogens with zero attached hydrogens (tertiary/aromatic N) is 2. The number of nitrogens with one attached hydrogen (secondary N) is 2. The van der Waals surface area contributed by atoms with Gasteiger partial charge in [-0.3, -0.25) is 10.1 Å². The Morgan fingerprint density at radius 2 is 1.73 bits per heavy atom. The van der Waals surface area contributed by atoms with Gasteiger partial charge in [0.25, 0.3) is 0 Å². The summed E-state index contributed by atoms with van der Waals surface area (Å²) >= 11 is 1.43. The smallest absolute Gasteiger partial charge is 0.371 e. The monoisotopic (exact) mass is 564 g/mol. The van der Waals surface area contributed by atoms with Gasteiger partial charge in [-0.25, -0.2) is 9.78 Å². The summed E-state index contributed by atoms with van der Waals surface area (Å²) in [5, 5.41) is 8.62. The maximum Gasteiger partial charge on any atom is 0.416 e. The van der Waals surface area contributed by atoms with E-state index < -0.39 is 11.7 Å². The minimum absolute atomic E-state index is 0.265. The van der Waals surface area contributed by atoms with Crippen LogP contribution >= 0.6 is 11.3 Å². The van der Waals surface area contributed by atoms with Gasteiger partial charge >= 0.3 is 12.2 Å². The van der Waals surface area contributed by atoms with Crippen LogP contribution < -0.4 is 15.5 Å². The maximum absolute atomic E-state index is 13.4. The van der Waals surface area contributed by atoms with Crippen LogP contribution in [0.5, 0.6) is 0 Å². The molecule has 0 saturated carbocycles. The van der Waals surface area contributed by atoms with Crippen LogP contribution in [0.15, 0.2) is 66.1 Å². The lowest BCUT2D eigenvalue weighted by Crippen LogP contribution is -2.29. The summed E-state index contributed by atoms with van der Waals surface area (Å²) in [6.07, 6.45) is 1.54. The number of allylic oxidation sites excluding steroid dienone is 1. The van der Waals surface area contributed by atoms with E-state index in [0.29, 0.717) is 33.5 Å². The molecule has 1 fully saturated rings. The first-order chi connectivity index (χ1) is 19.2. The molecule has 0 unspecified atom stereocenters. The molecule has 5 rings (SSSR count). The highest BCUT2D eigenvalue weighted by molar-refractivity contribution is 7.14. The number of rotatable bonds is 6. The Hall–Kier alpha value is -4.18. The van der Waals surface area contributed by atoms with E-state index in [9.17, 15) is 22.8 Å². The number of carbonyl (C=O) groups excluding carboxylic acids is 2. The van der Waals surface area contributed by atoms with E-state index in [2.05, 4.69) is 20.5 Å². The third kappa shape index (κ3) is 6.51. The fraction of sp³-hybridized carbons (Fsp3) is 0.233. The van der Waals surface area contributed by atoms with Crippen molar-refractivity contribution in [1.29, 1.82) is 0 Å². The fourth-order valence-corrected chi connectivity index (χ4v) is 5.42. The second-order valence-electron chi connectivity index (χ2n) is 9.69. The molecule has 2 aromatic heterocycles. The molecule has 206 valence electrons. The molecule has 0 aliphatic carbocycles. The summed E-state index contributed by atoms with van der Waals surface area (Å²) in [5.74, 6) is -0.265. The minimum Gasteiger partial charge on any atom is -0.371 e. The molecule has 6 nitrogen and oxygen atoms in total. The third-order valence-electron chi connectivity index (χ3n) is 6.63. The SMILES string of the molecule is Cc1csc(NC(=O)Nc2ccc(C(=O)/C=C/c3cc(N4CCCCC4)c4cc(C(F)(F)F)ccc4n3)cc2)c1. The van der Waals surface area contributed by atoms with Crippen molar-refractivity contribution < 1.29 is 22.8 Å². The van der Waals surface area contributed by atoms with Crippen molar-refractivity contribution in [2.45, 2.75) is 32.4 Å². The molecule has 2 N–H and O–H groups in total. The quantitative estimate of drug-likeness (QED) is 0.183. The Morgan fingerprint density at radius 3 is 2.40 bits per heavy atom. The van der Waals surface area contributed by atoms with Crippen LogP contribution in [0.3, 0.4) is 0 Å². The number of thiophene rings is 1. The van der Waals surface area contributed by atoms with E-state index in [1.165, 1.54) is 23.5 Å². The zero-order valence-corrected chi connectivity index (χ0v) is 22.5. The molecule has 3 heterocycles. The first-order valence-electron chi connectivity index (χ1n) is 12.9. The van der Waals surface area contributed by atoms with Gasteiger partial charge in [-0.15, -0.1) is 11.3 Å². The number of benzene rings is 2. The number of hydrogen-bond donors (Lipinski definition) is 2. The Bertz CT molecular complexity index is 1570. The number of amides is 2. The lowest BCUT2D eigenvalue weighted by atomic mass is 10.0. The summed E-state index contributed by atoms with van der Waals surface area (Å²) in [4.78, 5) is 31.7. The molecule has 2 amide bonds. The van der Waals surface area contributed by atoms with Crippen molar-refractivity contribution in [1.82, 2.24) is 4.98 Å². The lowest BCUT2D eigenvalue weighted by Gasteiger charge is -2.30. The maximum atomic E-state index is 13.4. The van der Waals surface area contributed by atoms with Gasteiger partial charge in [0.1, 0.15) is 0 Å². The number of carbonyl (C=O) groups is 2. The van der Waals surface area contributed by atoms with E-state index in [1.54, 1.807) is 36.4 Å². The molecule has 0 atom stereocenters. The number of hydrogen-bond acceptors (Lipinski definition) is 5. The highest BCUT2D eigenvalue weighted by atomic mass is 32.1. The van der Waals surface area contributed by atoms with Gasteiger partial charge in [0.05, 0.1) is 21.8 Å².